The second-order valence-corrected chi connectivity index (χ2v) is 4.69. The molecular weight excluding hydrogens is 206 g/mol. The molecule has 0 amide bonds. The minimum absolute atomic E-state index is 0.155. The summed E-state index contributed by atoms with van der Waals surface area (Å²) in [5.41, 5.74) is -0.568. The van der Waals surface area contributed by atoms with Crippen molar-refractivity contribution in [1.82, 2.24) is 10.2 Å². The molecule has 0 aromatic heterocycles. The van der Waals surface area contributed by atoms with Crippen molar-refractivity contribution in [3.8, 4) is 6.07 Å². The van der Waals surface area contributed by atoms with Crippen LogP contribution in [0.15, 0.2) is 0 Å². The van der Waals surface area contributed by atoms with Crippen LogP contribution in [0.3, 0.4) is 0 Å². The summed E-state index contributed by atoms with van der Waals surface area (Å²) in [6, 6.07) is 2.09. The number of ether oxygens (including phenoxy) is 1. The monoisotopic (exact) mass is 225 g/mol. The zero-order chi connectivity index (χ0) is 12.2. The van der Waals surface area contributed by atoms with Crippen LogP contribution in [0.4, 0.5) is 0 Å². The van der Waals surface area contributed by atoms with Gasteiger partial charge < -0.3 is 10.1 Å². The number of hydrogen-bond acceptors (Lipinski definition) is 5. The van der Waals surface area contributed by atoms with Crippen molar-refractivity contribution in [3.05, 3.63) is 0 Å². The molecular formula is C11H19N3O2. The predicted molar refractivity (Wildman–Crippen MR) is 59.6 cm³/mol. The number of nitrogens with zero attached hydrogens (tertiary/aromatic N) is 2. The molecule has 0 aromatic rings. The number of nitrogens with one attached hydrogen (secondary N) is 1. The van der Waals surface area contributed by atoms with Gasteiger partial charge in [-0.3, -0.25) is 9.69 Å². The summed E-state index contributed by atoms with van der Waals surface area (Å²) in [4.78, 5) is 13.6. The predicted octanol–water partition coefficient (Wildman–Crippen LogP) is -0.0170. The topological polar surface area (TPSA) is 65.4 Å². The third kappa shape index (κ3) is 2.94. The van der Waals surface area contributed by atoms with Crippen molar-refractivity contribution in [2.45, 2.75) is 19.9 Å². The van der Waals surface area contributed by atoms with Crippen LogP contribution in [0.1, 0.15) is 13.8 Å². The van der Waals surface area contributed by atoms with E-state index in [2.05, 4.69) is 11.4 Å². The van der Waals surface area contributed by atoms with Crippen molar-refractivity contribution in [2.75, 3.05) is 33.3 Å². The molecule has 1 rings (SSSR count). The van der Waals surface area contributed by atoms with Crippen LogP contribution < -0.4 is 5.32 Å². The lowest BCUT2D eigenvalue weighted by Crippen LogP contribution is -2.54. The highest BCUT2D eigenvalue weighted by Gasteiger charge is 2.34. The highest BCUT2D eigenvalue weighted by atomic mass is 16.5. The molecule has 16 heavy (non-hydrogen) atoms. The maximum Gasteiger partial charge on any atom is 0.312 e. The molecule has 1 heterocycles. The van der Waals surface area contributed by atoms with Crippen LogP contribution in [0.5, 0.6) is 0 Å². The van der Waals surface area contributed by atoms with Gasteiger partial charge in [-0.15, -0.1) is 0 Å². The Morgan fingerprint density at radius 2 is 2.38 bits per heavy atom. The quantitative estimate of drug-likeness (QED) is 0.684. The van der Waals surface area contributed by atoms with Crippen LogP contribution in [-0.4, -0.2) is 50.2 Å². The van der Waals surface area contributed by atoms with Crippen molar-refractivity contribution < 1.29 is 9.53 Å². The lowest BCUT2D eigenvalue weighted by molar-refractivity contribution is -0.152. The van der Waals surface area contributed by atoms with Crippen molar-refractivity contribution in [3.63, 3.8) is 0 Å². The molecule has 0 bridgehead atoms. The first-order chi connectivity index (χ1) is 7.51. The van der Waals surface area contributed by atoms with Crippen LogP contribution in [0.25, 0.3) is 0 Å². The van der Waals surface area contributed by atoms with Crippen molar-refractivity contribution >= 4 is 5.97 Å². The van der Waals surface area contributed by atoms with E-state index >= 15 is 0 Å². The second kappa shape index (κ2) is 5.28. The van der Waals surface area contributed by atoms with Gasteiger partial charge in [0.2, 0.25) is 0 Å². The van der Waals surface area contributed by atoms with Gasteiger partial charge in [0, 0.05) is 26.2 Å². The number of nitriles is 1. The Morgan fingerprint density at radius 3 is 2.94 bits per heavy atom. The first-order valence-corrected chi connectivity index (χ1v) is 5.44. The summed E-state index contributed by atoms with van der Waals surface area (Å²) in [5.74, 6) is -0.234. The van der Waals surface area contributed by atoms with E-state index in [9.17, 15) is 4.79 Å². The molecule has 0 radical (unpaired) electrons. The minimum Gasteiger partial charge on any atom is -0.469 e. The average Bonchev–Trinajstić information content (AvgIpc) is 2.28. The molecule has 90 valence electrons. The number of methoxy groups -OCH3 is 1. The number of piperazine rings is 1. The molecule has 0 saturated carbocycles. The lowest BCUT2D eigenvalue weighted by atomic mass is 9.92. The minimum atomic E-state index is -0.568. The van der Waals surface area contributed by atoms with E-state index in [4.69, 9.17) is 10.00 Å². The first-order valence-electron chi connectivity index (χ1n) is 5.44. The van der Waals surface area contributed by atoms with Crippen molar-refractivity contribution in [2.24, 2.45) is 5.41 Å². The molecule has 1 unspecified atom stereocenters. The zero-order valence-electron chi connectivity index (χ0n) is 10.1. The van der Waals surface area contributed by atoms with Gasteiger partial charge in [-0.2, -0.15) is 5.26 Å². The Labute approximate surface area is 96.4 Å². The van der Waals surface area contributed by atoms with Gasteiger partial charge in [0.15, 0.2) is 0 Å². The number of carbonyl (C=O) groups excluding carboxylic acids is 1. The van der Waals surface area contributed by atoms with E-state index in [1.807, 2.05) is 18.7 Å². The zero-order valence-corrected chi connectivity index (χ0v) is 10.1. The molecule has 1 fully saturated rings. The Morgan fingerprint density at radius 1 is 1.69 bits per heavy atom. The molecule has 0 spiro atoms. The SMILES string of the molecule is COC(=O)C(C)(C)CN1CCNCC1C#N. The number of rotatable bonds is 3. The van der Waals surface area contributed by atoms with Crippen LogP contribution in [0.2, 0.25) is 0 Å². The average molecular weight is 225 g/mol. The normalized spacial score (nSPS) is 22.5. The standard InChI is InChI=1S/C11H19N3O2/c1-11(2,10(15)16-3)8-14-5-4-13-7-9(14)6-12/h9,13H,4-5,7-8H2,1-3H3. The Hall–Kier alpha value is -1.12. The molecule has 5 nitrogen and oxygen atoms in total. The van der Waals surface area contributed by atoms with Gasteiger partial charge in [0.1, 0.15) is 6.04 Å². The fraction of sp³-hybridized carbons (Fsp3) is 0.818. The van der Waals surface area contributed by atoms with E-state index in [0.29, 0.717) is 13.1 Å². The third-order valence-electron chi connectivity index (χ3n) is 2.84. The molecule has 5 heteroatoms. The maximum absolute atomic E-state index is 11.6. The lowest BCUT2D eigenvalue weighted by Gasteiger charge is -2.36. The van der Waals surface area contributed by atoms with Crippen LogP contribution >= 0.6 is 0 Å². The van der Waals surface area contributed by atoms with E-state index < -0.39 is 5.41 Å². The van der Waals surface area contributed by atoms with E-state index in [1.54, 1.807) is 0 Å². The summed E-state index contributed by atoms with van der Waals surface area (Å²) in [5, 5.41) is 12.2. The van der Waals surface area contributed by atoms with E-state index in [1.165, 1.54) is 7.11 Å². The molecule has 1 aliphatic heterocycles. The van der Waals surface area contributed by atoms with Gasteiger partial charge in [0.05, 0.1) is 18.6 Å². The molecule has 1 aliphatic rings. The van der Waals surface area contributed by atoms with Gasteiger partial charge in [-0.05, 0) is 13.8 Å². The number of carbonyl (C=O) groups is 1. The smallest absolute Gasteiger partial charge is 0.312 e. The Kier molecular flexibility index (Phi) is 4.27. The van der Waals surface area contributed by atoms with Gasteiger partial charge in [-0.25, -0.2) is 0 Å². The van der Waals surface area contributed by atoms with Gasteiger partial charge in [-0.1, -0.05) is 0 Å². The molecule has 1 saturated heterocycles. The summed E-state index contributed by atoms with van der Waals surface area (Å²) in [7, 11) is 1.39. The molecule has 0 aliphatic carbocycles. The molecule has 1 N–H and O–H groups in total. The fourth-order valence-electron chi connectivity index (χ4n) is 1.91. The number of esters is 1. The fourth-order valence-corrected chi connectivity index (χ4v) is 1.91. The molecule has 1 atom stereocenters. The third-order valence-corrected chi connectivity index (χ3v) is 2.84. The summed E-state index contributed by atoms with van der Waals surface area (Å²) in [6.45, 7) is 6.55. The second-order valence-electron chi connectivity index (χ2n) is 4.69. The summed E-state index contributed by atoms with van der Waals surface area (Å²) in [6.07, 6.45) is 0. The highest BCUT2D eigenvalue weighted by Crippen LogP contribution is 2.20. The number of hydrogen-bond donors (Lipinski definition) is 1. The van der Waals surface area contributed by atoms with E-state index in [0.717, 1.165) is 13.1 Å². The van der Waals surface area contributed by atoms with Crippen LogP contribution in [0, 0.1) is 16.7 Å². The van der Waals surface area contributed by atoms with Crippen molar-refractivity contribution in [1.29, 1.82) is 5.26 Å². The first kappa shape index (κ1) is 12.9. The Balaban J connectivity index is 2.64. The largest absolute Gasteiger partial charge is 0.469 e. The molecule has 0 aromatic carbocycles. The van der Waals surface area contributed by atoms with Gasteiger partial charge >= 0.3 is 5.97 Å². The van der Waals surface area contributed by atoms with E-state index in [-0.39, 0.29) is 12.0 Å². The maximum atomic E-state index is 11.6. The van der Waals surface area contributed by atoms with Crippen LogP contribution in [-0.2, 0) is 9.53 Å². The summed E-state index contributed by atoms with van der Waals surface area (Å²) < 4.78 is 4.76. The summed E-state index contributed by atoms with van der Waals surface area (Å²) >= 11 is 0. The Bertz CT molecular complexity index is 296. The highest BCUT2D eigenvalue weighted by molar-refractivity contribution is 5.76. The van der Waals surface area contributed by atoms with Gasteiger partial charge in [0.25, 0.3) is 0 Å².